The van der Waals surface area contributed by atoms with Crippen LogP contribution in [0.3, 0.4) is 0 Å². The van der Waals surface area contributed by atoms with Gasteiger partial charge in [-0.15, -0.1) is 0 Å². The fourth-order valence-electron chi connectivity index (χ4n) is 1.96. The Labute approximate surface area is 138 Å². The number of hydrogen-bond donors (Lipinski definition) is 2. The van der Waals surface area contributed by atoms with E-state index in [4.69, 9.17) is 5.11 Å². The van der Waals surface area contributed by atoms with E-state index >= 15 is 0 Å². The van der Waals surface area contributed by atoms with Gasteiger partial charge in [-0.1, -0.05) is 6.07 Å². The molecule has 0 fully saturated rings. The third-order valence-corrected chi connectivity index (χ3v) is 4.70. The lowest BCUT2D eigenvalue weighted by Crippen LogP contribution is -2.14. The summed E-state index contributed by atoms with van der Waals surface area (Å²) < 4.78 is 31.8. The van der Waals surface area contributed by atoms with Gasteiger partial charge in [0.15, 0.2) is 0 Å². The number of ether oxygens (including phenoxy) is 1. The quantitative estimate of drug-likeness (QED) is 0.802. The lowest BCUT2D eigenvalue weighted by Gasteiger charge is -2.12. The number of carbonyl (C=O) groups is 2. The average Bonchev–Trinajstić information content (AvgIpc) is 2.56. The first-order valence-corrected chi connectivity index (χ1v) is 8.28. The molecule has 0 aliphatic rings. The lowest BCUT2D eigenvalue weighted by molar-refractivity contribution is 0.0600. The van der Waals surface area contributed by atoms with Crippen molar-refractivity contribution in [1.82, 2.24) is 0 Å². The maximum Gasteiger partial charge on any atom is 0.337 e. The molecule has 0 aromatic heterocycles. The minimum absolute atomic E-state index is 0.0159. The minimum Gasteiger partial charge on any atom is -0.478 e. The van der Waals surface area contributed by atoms with E-state index in [2.05, 4.69) is 9.46 Å². The Morgan fingerprint density at radius 2 is 1.62 bits per heavy atom. The van der Waals surface area contributed by atoms with E-state index in [1.807, 2.05) is 0 Å². The zero-order chi connectivity index (χ0) is 17.9. The van der Waals surface area contributed by atoms with E-state index in [1.54, 1.807) is 13.0 Å². The Morgan fingerprint density at radius 3 is 2.17 bits per heavy atom. The molecule has 0 aliphatic carbocycles. The number of rotatable bonds is 5. The molecule has 2 aromatic carbocycles. The molecule has 0 amide bonds. The molecule has 7 nitrogen and oxygen atoms in total. The fourth-order valence-corrected chi connectivity index (χ4v) is 3.08. The summed E-state index contributed by atoms with van der Waals surface area (Å²) in [4.78, 5) is 22.3. The van der Waals surface area contributed by atoms with Gasteiger partial charge in [0, 0.05) is 0 Å². The van der Waals surface area contributed by atoms with Gasteiger partial charge in [0.05, 0.1) is 28.8 Å². The summed E-state index contributed by atoms with van der Waals surface area (Å²) in [5.74, 6) is -1.73. The van der Waals surface area contributed by atoms with Crippen LogP contribution >= 0.6 is 0 Å². The highest BCUT2D eigenvalue weighted by molar-refractivity contribution is 7.92. The van der Waals surface area contributed by atoms with Gasteiger partial charge in [0.25, 0.3) is 10.0 Å². The number of hydrogen-bond acceptors (Lipinski definition) is 5. The van der Waals surface area contributed by atoms with E-state index < -0.39 is 22.0 Å². The van der Waals surface area contributed by atoms with Gasteiger partial charge in [0.2, 0.25) is 0 Å². The molecule has 0 saturated carbocycles. The summed E-state index contributed by atoms with van der Waals surface area (Å²) in [5.41, 5.74) is 1.05. The Morgan fingerprint density at radius 1 is 1.04 bits per heavy atom. The number of aromatic carboxylic acids is 1. The van der Waals surface area contributed by atoms with E-state index in [1.165, 1.54) is 43.5 Å². The van der Waals surface area contributed by atoms with Crippen molar-refractivity contribution in [2.45, 2.75) is 11.8 Å². The molecule has 2 aromatic rings. The van der Waals surface area contributed by atoms with Crippen LogP contribution in [0.2, 0.25) is 0 Å². The largest absolute Gasteiger partial charge is 0.478 e. The van der Waals surface area contributed by atoms with Crippen LogP contribution in [-0.2, 0) is 14.8 Å². The molecule has 0 radical (unpaired) electrons. The highest BCUT2D eigenvalue weighted by Gasteiger charge is 2.17. The zero-order valence-corrected chi connectivity index (χ0v) is 13.8. The number of anilines is 1. The first-order chi connectivity index (χ1) is 11.2. The Hall–Kier alpha value is -2.87. The molecule has 0 atom stereocenters. The van der Waals surface area contributed by atoms with Gasteiger partial charge in [-0.05, 0) is 48.9 Å². The number of methoxy groups -OCH3 is 1. The number of nitrogens with one attached hydrogen (secondary N) is 1. The Bertz CT molecular complexity index is 887. The summed E-state index contributed by atoms with van der Waals surface area (Å²) in [7, 11) is -2.69. The molecule has 126 valence electrons. The second-order valence-corrected chi connectivity index (χ2v) is 6.64. The molecule has 0 spiro atoms. The van der Waals surface area contributed by atoms with Crippen LogP contribution in [0, 0.1) is 6.92 Å². The summed E-state index contributed by atoms with van der Waals surface area (Å²) in [6.07, 6.45) is 0. The predicted octanol–water partition coefficient (Wildman–Crippen LogP) is 2.28. The molecule has 0 unspecified atom stereocenters. The summed E-state index contributed by atoms with van der Waals surface area (Å²) in [5, 5.41) is 8.85. The first kappa shape index (κ1) is 17.5. The van der Waals surface area contributed by atoms with Crippen molar-refractivity contribution < 1.29 is 27.9 Å². The SMILES string of the molecule is COC(=O)c1ccc(C)c(NS(=O)(=O)c2ccc(C(=O)O)cc2)c1. The molecule has 0 aliphatic heterocycles. The molecule has 0 heterocycles. The van der Waals surface area contributed by atoms with Crippen LogP contribution in [0.5, 0.6) is 0 Å². The highest BCUT2D eigenvalue weighted by Crippen LogP contribution is 2.22. The molecule has 2 N–H and O–H groups in total. The van der Waals surface area contributed by atoms with Crippen LogP contribution < -0.4 is 4.72 Å². The molecule has 0 bridgehead atoms. The van der Waals surface area contributed by atoms with Crippen molar-refractivity contribution >= 4 is 27.6 Å². The molecular weight excluding hydrogens is 334 g/mol. The van der Waals surface area contributed by atoms with E-state index in [0.29, 0.717) is 5.56 Å². The van der Waals surface area contributed by atoms with Gasteiger partial charge in [-0.3, -0.25) is 4.72 Å². The Kier molecular flexibility index (Phi) is 4.89. The average molecular weight is 349 g/mol. The monoisotopic (exact) mass is 349 g/mol. The van der Waals surface area contributed by atoms with Crippen molar-refractivity contribution in [2.24, 2.45) is 0 Å². The second kappa shape index (κ2) is 6.71. The number of esters is 1. The highest BCUT2D eigenvalue weighted by atomic mass is 32.2. The summed E-state index contributed by atoms with van der Waals surface area (Å²) in [6.45, 7) is 1.69. The van der Waals surface area contributed by atoms with Crippen molar-refractivity contribution in [3.8, 4) is 0 Å². The molecule has 2 rings (SSSR count). The van der Waals surface area contributed by atoms with E-state index in [0.717, 1.165) is 0 Å². The van der Waals surface area contributed by atoms with Gasteiger partial charge in [0.1, 0.15) is 0 Å². The summed E-state index contributed by atoms with van der Waals surface area (Å²) in [6, 6.07) is 9.31. The van der Waals surface area contributed by atoms with Crippen LogP contribution in [-0.4, -0.2) is 32.6 Å². The molecule has 24 heavy (non-hydrogen) atoms. The smallest absolute Gasteiger partial charge is 0.337 e. The minimum atomic E-state index is -3.92. The Balaban J connectivity index is 2.35. The van der Waals surface area contributed by atoms with E-state index in [-0.39, 0.29) is 21.7 Å². The topological polar surface area (TPSA) is 110 Å². The molecule has 8 heteroatoms. The fraction of sp³-hybridized carbons (Fsp3) is 0.125. The number of carboxylic acids is 1. The molecule has 0 saturated heterocycles. The lowest BCUT2D eigenvalue weighted by atomic mass is 10.1. The van der Waals surface area contributed by atoms with Crippen molar-refractivity contribution in [1.29, 1.82) is 0 Å². The van der Waals surface area contributed by atoms with Crippen molar-refractivity contribution in [2.75, 3.05) is 11.8 Å². The predicted molar refractivity (Wildman–Crippen MR) is 86.7 cm³/mol. The van der Waals surface area contributed by atoms with Crippen LogP contribution in [0.4, 0.5) is 5.69 Å². The van der Waals surface area contributed by atoms with Crippen LogP contribution in [0.1, 0.15) is 26.3 Å². The number of benzene rings is 2. The van der Waals surface area contributed by atoms with Crippen LogP contribution in [0.15, 0.2) is 47.4 Å². The van der Waals surface area contributed by atoms with Gasteiger partial charge in [-0.25, -0.2) is 18.0 Å². The van der Waals surface area contributed by atoms with Crippen molar-refractivity contribution in [3.05, 3.63) is 59.2 Å². The van der Waals surface area contributed by atoms with Gasteiger partial charge in [-0.2, -0.15) is 0 Å². The zero-order valence-electron chi connectivity index (χ0n) is 12.9. The normalized spacial score (nSPS) is 10.9. The standard InChI is InChI=1S/C16H15NO6S/c1-10-3-4-12(16(20)23-2)9-14(10)17-24(21,22)13-7-5-11(6-8-13)15(18)19/h3-9,17H,1-2H3,(H,18,19). The molecular formula is C16H15NO6S. The number of carbonyl (C=O) groups excluding carboxylic acids is 1. The van der Waals surface area contributed by atoms with E-state index in [9.17, 15) is 18.0 Å². The number of carboxylic acid groups (broad SMARTS) is 1. The third kappa shape index (κ3) is 3.72. The number of sulfonamides is 1. The second-order valence-electron chi connectivity index (χ2n) is 4.96. The maximum absolute atomic E-state index is 12.4. The maximum atomic E-state index is 12.4. The first-order valence-electron chi connectivity index (χ1n) is 6.80. The van der Waals surface area contributed by atoms with Gasteiger partial charge < -0.3 is 9.84 Å². The van der Waals surface area contributed by atoms with Gasteiger partial charge >= 0.3 is 11.9 Å². The number of aryl methyl sites for hydroxylation is 1. The summed E-state index contributed by atoms with van der Waals surface area (Å²) >= 11 is 0. The third-order valence-electron chi connectivity index (χ3n) is 3.31. The van der Waals surface area contributed by atoms with Crippen LogP contribution in [0.25, 0.3) is 0 Å². The van der Waals surface area contributed by atoms with Crippen molar-refractivity contribution in [3.63, 3.8) is 0 Å².